The summed E-state index contributed by atoms with van der Waals surface area (Å²) in [4.78, 5) is 32.8. The van der Waals surface area contributed by atoms with E-state index in [2.05, 4.69) is 37.5 Å². The summed E-state index contributed by atoms with van der Waals surface area (Å²) in [5.41, 5.74) is 3.38. The minimum absolute atomic E-state index is 0.0857. The van der Waals surface area contributed by atoms with Crippen LogP contribution in [0.2, 0.25) is 0 Å². The van der Waals surface area contributed by atoms with Crippen LogP contribution < -0.4 is 0 Å². The summed E-state index contributed by atoms with van der Waals surface area (Å²) < 4.78 is 0. The number of hydrogen-bond donors (Lipinski definition) is 1. The van der Waals surface area contributed by atoms with Gasteiger partial charge in [-0.1, -0.05) is 51.0 Å². The number of fused-ring (bicyclic) bond motifs is 4. The summed E-state index contributed by atoms with van der Waals surface area (Å²) in [6.45, 7) is 8.28. The van der Waals surface area contributed by atoms with Gasteiger partial charge >= 0.3 is 6.03 Å². The number of carbonyl (C=O) groups is 2. The number of hydrogen-bond acceptors (Lipinski definition) is 2. The van der Waals surface area contributed by atoms with Crippen molar-refractivity contribution in [1.82, 2.24) is 14.8 Å². The number of H-pyrrole nitrogens is 1. The van der Waals surface area contributed by atoms with Gasteiger partial charge in [-0.3, -0.25) is 9.69 Å². The highest BCUT2D eigenvalue weighted by Crippen LogP contribution is 2.45. The minimum Gasteiger partial charge on any atom is -0.356 e. The highest BCUT2D eigenvalue weighted by molar-refractivity contribution is 6.05. The second kappa shape index (κ2) is 6.31. The SMILES string of the molecule is C=CCN1C(=O)[C@@H]2Cc3c([nH]c4ccccc34)[C@@H](C(CC)CC)N2C1=O. The Hall–Kier alpha value is -2.56. The van der Waals surface area contributed by atoms with Gasteiger partial charge in [-0.15, -0.1) is 6.58 Å². The lowest BCUT2D eigenvalue weighted by Gasteiger charge is -2.39. The van der Waals surface area contributed by atoms with Crippen molar-refractivity contribution < 1.29 is 9.59 Å². The Labute approximate surface area is 153 Å². The molecule has 0 unspecified atom stereocenters. The lowest BCUT2D eigenvalue weighted by atomic mass is 9.83. The van der Waals surface area contributed by atoms with E-state index in [1.807, 2.05) is 17.0 Å². The first-order valence-electron chi connectivity index (χ1n) is 9.46. The highest BCUT2D eigenvalue weighted by Gasteiger charge is 2.52. The third-order valence-electron chi connectivity index (χ3n) is 5.99. The number of urea groups is 1. The van der Waals surface area contributed by atoms with Crippen molar-refractivity contribution in [2.45, 2.75) is 45.2 Å². The molecular weight excluding hydrogens is 326 g/mol. The molecule has 1 saturated heterocycles. The molecule has 26 heavy (non-hydrogen) atoms. The average molecular weight is 351 g/mol. The number of aromatic amines is 1. The molecule has 5 heteroatoms. The molecule has 0 saturated carbocycles. The third kappa shape index (κ3) is 2.23. The predicted octanol–water partition coefficient (Wildman–Crippen LogP) is 4.02. The van der Waals surface area contributed by atoms with Gasteiger partial charge in [-0.2, -0.15) is 0 Å². The fraction of sp³-hybridized carbons (Fsp3) is 0.429. The van der Waals surface area contributed by atoms with Crippen LogP contribution in [-0.2, 0) is 11.2 Å². The Morgan fingerprint density at radius 1 is 1.27 bits per heavy atom. The van der Waals surface area contributed by atoms with Gasteiger partial charge in [0.05, 0.1) is 6.04 Å². The molecule has 2 aliphatic rings. The third-order valence-corrected chi connectivity index (χ3v) is 5.99. The first-order chi connectivity index (χ1) is 12.6. The van der Waals surface area contributed by atoms with E-state index in [1.54, 1.807) is 6.08 Å². The number of carbonyl (C=O) groups excluding carboxylic acids is 2. The van der Waals surface area contributed by atoms with Gasteiger partial charge in [0.15, 0.2) is 0 Å². The van der Waals surface area contributed by atoms with E-state index in [0.717, 1.165) is 24.1 Å². The normalized spacial score (nSPS) is 22.3. The van der Waals surface area contributed by atoms with Crippen LogP contribution >= 0.6 is 0 Å². The maximum Gasteiger partial charge on any atom is 0.328 e. The van der Waals surface area contributed by atoms with Gasteiger partial charge in [0.1, 0.15) is 6.04 Å². The van der Waals surface area contributed by atoms with Crippen molar-refractivity contribution in [1.29, 1.82) is 0 Å². The number of imide groups is 1. The van der Waals surface area contributed by atoms with E-state index >= 15 is 0 Å². The molecule has 2 atom stereocenters. The summed E-state index contributed by atoms with van der Waals surface area (Å²) in [7, 11) is 0. The maximum absolute atomic E-state index is 13.1. The Bertz CT molecular complexity index is 881. The van der Waals surface area contributed by atoms with Crippen molar-refractivity contribution in [3.05, 3.63) is 48.2 Å². The molecule has 3 amide bonds. The van der Waals surface area contributed by atoms with Crippen LogP contribution in [0.1, 0.15) is 44.0 Å². The Morgan fingerprint density at radius 2 is 2.00 bits per heavy atom. The summed E-state index contributed by atoms with van der Waals surface area (Å²) in [5.74, 6) is 0.215. The zero-order chi connectivity index (χ0) is 18.4. The van der Waals surface area contributed by atoms with Gasteiger partial charge in [0, 0.05) is 29.6 Å². The largest absolute Gasteiger partial charge is 0.356 e. The molecule has 0 spiro atoms. The number of nitrogens with zero attached hydrogens (tertiary/aromatic N) is 2. The van der Waals surface area contributed by atoms with E-state index in [9.17, 15) is 9.59 Å². The number of amides is 3. The van der Waals surface area contributed by atoms with Crippen LogP contribution in [-0.4, -0.2) is 39.3 Å². The predicted molar refractivity (Wildman–Crippen MR) is 102 cm³/mol. The Balaban J connectivity index is 1.89. The molecule has 1 fully saturated rings. The maximum atomic E-state index is 13.1. The summed E-state index contributed by atoms with van der Waals surface area (Å²) in [6, 6.07) is 7.54. The smallest absolute Gasteiger partial charge is 0.328 e. The number of para-hydroxylation sites is 1. The average Bonchev–Trinajstić information content (AvgIpc) is 3.14. The van der Waals surface area contributed by atoms with Gasteiger partial charge in [0.2, 0.25) is 0 Å². The molecule has 1 aromatic carbocycles. The fourth-order valence-electron chi connectivity index (χ4n) is 4.69. The van der Waals surface area contributed by atoms with Crippen molar-refractivity contribution in [3.8, 4) is 0 Å². The van der Waals surface area contributed by atoms with E-state index in [1.165, 1.54) is 15.8 Å². The van der Waals surface area contributed by atoms with E-state index in [-0.39, 0.29) is 24.5 Å². The lowest BCUT2D eigenvalue weighted by Crippen LogP contribution is -2.46. The molecule has 4 rings (SSSR count). The molecule has 5 nitrogen and oxygen atoms in total. The molecule has 2 aliphatic heterocycles. The van der Waals surface area contributed by atoms with Crippen molar-refractivity contribution in [2.75, 3.05) is 6.54 Å². The topological polar surface area (TPSA) is 56.4 Å². The molecule has 3 heterocycles. The zero-order valence-electron chi connectivity index (χ0n) is 15.4. The van der Waals surface area contributed by atoms with Gasteiger partial charge < -0.3 is 9.88 Å². The van der Waals surface area contributed by atoms with Crippen LogP contribution in [0.25, 0.3) is 10.9 Å². The molecule has 1 N–H and O–H groups in total. The Morgan fingerprint density at radius 3 is 2.69 bits per heavy atom. The number of nitrogens with one attached hydrogen (secondary N) is 1. The molecule has 2 aromatic rings. The van der Waals surface area contributed by atoms with E-state index in [4.69, 9.17) is 0 Å². The molecule has 0 aliphatic carbocycles. The van der Waals surface area contributed by atoms with Gasteiger partial charge in [-0.05, 0) is 17.5 Å². The fourth-order valence-corrected chi connectivity index (χ4v) is 4.69. The van der Waals surface area contributed by atoms with Gasteiger partial charge in [-0.25, -0.2) is 4.79 Å². The lowest BCUT2D eigenvalue weighted by molar-refractivity contribution is -0.128. The van der Waals surface area contributed by atoms with Crippen molar-refractivity contribution in [3.63, 3.8) is 0 Å². The Kier molecular flexibility index (Phi) is 4.10. The highest BCUT2D eigenvalue weighted by atomic mass is 16.2. The van der Waals surface area contributed by atoms with Crippen LogP contribution in [0.15, 0.2) is 36.9 Å². The monoisotopic (exact) mass is 351 g/mol. The van der Waals surface area contributed by atoms with Crippen LogP contribution in [0.4, 0.5) is 4.79 Å². The summed E-state index contributed by atoms with van der Waals surface area (Å²) >= 11 is 0. The first-order valence-corrected chi connectivity index (χ1v) is 9.46. The van der Waals surface area contributed by atoms with Crippen LogP contribution in [0.5, 0.6) is 0 Å². The quantitative estimate of drug-likeness (QED) is 0.653. The molecule has 0 bridgehead atoms. The van der Waals surface area contributed by atoms with Gasteiger partial charge in [0.25, 0.3) is 5.91 Å². The number of aromatic nitrogens is 1. The molecule has 0 radical (unpaired) electrons. The van der Waals surface area contributed by atoms with E-state index < -0.39 is 6.04 Å². The molecule has 1 aromatic heterocycles. The standard InChI is InChI=1S/C21H25N3O2/c1-4-11-23-20(25)17-12-15-14-9-7-8-10-16(14)22-18(15)19(13(5-2)6-3)24(17)21(23)26/h4,7-10,13,17,19,22H,1,5-6,11-12H2,2-3H3/t17-,19+/m0/s1. The first kappa shape index (κ1) is 16.9. The second-order valence-electron chi connectivity index (χ2n) is 7.23. The molecule has 136 valence electrons. The van der Waals surface area contributed by atoms with E-state index in [0.29, 0.717) is 12.3 Å². The molecular formula is C21H25N3O2. The summed E-state index contributed by atoms with van der Waals surface area (Å²) in [6.07, 6.45) is 4.12. The van der Waals surface area contributed by atoms with Crippen molar-refractivity contribution in [2.24, 2.45) is 5.92 Å². The summed E-state index contributed by atoms with van der Waals surface area (Å²) in [5, 5.41) is 1.17. The number of benzene rings is 1. The van der Waals surface area contributed by atoms with Crippen molar-refractivity contribution >= 4 is 22.8 Å². The zero-order valence-corrected chi connectivity index (χ0v) is 15.4. The second-order valence-corrected chi connectivity index (χ2v) is 7.23. The number of rotatable bonds is 5. The van der Waals surface area contributed by atoms with Crippen LogP contribution in [0.3, 0.4) is 0 Å². The van der Waals surface area contributed by atoms with Crippen LogP contribution in [0, 0.1) is 5.92 Å². The minimum atomic E-state index is -0.403.